The Labute approximate surface area is 126 Å². The molecule has 0 aliphatic heterocycles. The number of non-ortho nitro benzene ring substituents is 2. The average molecular weight is 312 g/mol. The van der Waals surface area contributed by atoms with Gasteiger partial charge >= 0.3 is 5.97 Å². The third kappa shape index (κ3) is 5.09. The van der Waals surface area contributed by atoms with Crippen molar-refractivity contribution in [2.24, 2.45) is 0 Å². The van der Waals surface area contributed by atoms with Crippen molar-refractivity contribution >= 4 is 17.3 Å². The number of esters is 1. The highest BCUT2D eigenvalue weighted by atomic mass is 16.6. The number of nitrogens with zero attached hydrogens (tertiary/aromatic N) is 2. The highest BCUT2D eigenvalue weighted by molar-refractivity contribution is 5.91. The first-order chi connectivity index (χ1) is 10.3. The third-order valence-corrected chi connectivity index (χ3v) is 2.57. The van der Waals surface area contributed by atoms with E-state index in [0.29, 0.717) is 6.61 Å². The van der Waals surface area contributed by atoms with Gasteiger partial charge in [-0.3, -0.25) is 20.2 Å². The molecule has 1 aromatic rings. The van der Waals surface area contributed by atoms with E-state index < -0.39 is 33.3 Å². The van der Waals surface area contributed by atoms with Crippen LogP contribution in [0.4, 0.5) is 11.4 Å². The maximum absolute atomic E-state index is 11.9. The summed E-state index contributed by atoms with van der Waals surface area (Å²) in [6.07, 6.45) is 0.245. The molecule has 9 nitrogen and oxygen atoms in total. The average Bonchev–Trinajstić information content (AvgIpc) is 2.46. The molecule has 0 fully saturated rings. The second kappa shape index (κ2) is 8.03. The van der Waals surface area contributed by atoms with Gasteiger partial charge in [0.2, 0.25) is 0 Å². The van der Waals surface area contributed by atoms with E-state index in [1.807, 2.05) is 6.92 Å². The van der Waals surface area contributed by atoms with Gasteiger partial charge in [0.15, 0.2) is 0 Å². The van der Waals surface area contributed by atoms with E-state index in [-0.39, 0.29) is 12.2 Å². The van der Waals surface area contributed by atoms with Crippen LogP contribution in [0.3, 0.4) is 0 Å². The minimum atomic E-state index is -0.876. The van der Waals surface area contributed by atoms with E-state index in [4.69, 9.17) is 9.47 Å². The zero-order valence-corrected chi connectivity index (χ0v) is 12.2. The Kier molecular flexibility index (Phi) is 6.39. The number of nitro groups is 2. The minimum Gasteiger partial charge on any atom is -0.457 e. The predicted octanol–water partition coefficient (Wildman–Crippen LogP) is 2.47. The van der Waals surface area contributed by atoms with Crippen LogP contribution in [0.1, 0.15) is 30.6 Å². The van der Waals surface area contributed by atoms with Gasteiger partial charge in [0.05, 0.1) is 28.1 Å². The van der Waals surface area contributed by atoms with Gasteiger partial charge in [-0.05, 0) is 13.3 Å². The summed E-state index contributed by atoms with van der Waals surface area (Å²) in [5, 5.41) is 21.5. The zero-order valence-electron chi connectivity index (χ0n) is 12.2. The second-order valence-corrected chi connectivity index (χ2v) is 4.54. The van der Waals surface area contributed by atoms with E-state index in [1.165, 1.54) is 0 Å². The summed E-state index contributed by atoms with van der Waals surface area (Å²) in [7, 11) is 0. The van der Waals surface area contributed by atoms with E-state index in [1.54, 1.807) is 6.92 Å². The van der Waals surface area contributed by atoms with Crippen LogP contribution in [0.15, 0.2) is 18.2 Å². The van der Waals surface area contributed by atoms with Crippen molar-refractivity contribution in [1.29, 1.82) is 0 Å². The SMILES string of the molecule is CCCOCC(C)OC(=O)c1cc([N+](=O)[O-])cc([N+](=O)[O-])c1. The summed E-state index contributed by atoms with van der Waals surface area (Å²) >= 11 is 0. The van der Waals surface area contributed by atoms with Crippen molar-refractivity contribution < 1.29 is 24.1 Å². The summed E-state index contributed by atoms with van der Waals surface area (Å²) in [6, 6.07) is 2.66. The molecule has 120 valence electrons. The summed E-state index contributed by atoms with van der Waals surface area (Å²) < 4.78 is 10.3. The topological polar surface area (TPSA) is 122 Å². The van der Waals surface area contributed by atoms with Crippen molar-refractivity contribution in [2.75, 3.05) is 13.2 Å². The maximum Gasteiger partial charge on any atom is 0.338 e. The zero-order chi connectivity index (χ0) is 16.7. The molecule has 1 atom stereocenters. The van der Waals surface area contributed by atoms with Gasteiger partial charge in [0, 0.05) is 18.7 Å². The fourth-order valence-electron chi connectivity index (χ4n) is 1.60. The molecule has 0 saturated heterocycles. The van der Waals surface area contributed by atoms with E-state index >= 15 is 0 Å². The highest BCUT2D eigenvalue weighted by Crippen LogP contribution is 2.23. The Balaban J connectivity index is 2.88. The Morgan fingerprint density at radius 2 is 1.73 bits per heavy atom. The van der Waals surface area contributed by atoms with Gasteiger partial charge in [0.25, 0.3) is 11.4 Å². The smallest absolute Gasteiger partial charge is 0.338 e. The first kappa shape index (κ1) is 17.5. The van der Waals surface area contributed by atoms with E-state index in [2.05, 4.69) is 0 Å². The van der Waals surface area contributed by atoms with Crippen molar-refractivity contribution in [3.63, 3.8) is 0 Å². The molecule has 1 aromatic carbocycles. The van der Waals surface area contributed by atoms with Crippen LogP contribution >= 0.6 is 0 Å². The first-order valence-corrected chi connectivity index (χ1v) is 6.57. The minimum absolute atomic E-state index is 0.177. The predicted molar refractivity (Wildman–Crippen MR) is 75.7 cm³/mol. The molecule has 0 radical (unpaired) electrons. The fourth-order valence-corrected chi connectivity index (χ4v) is 1.60. The number of benzene rings is 1. The Morgan fingerprint density at radius 3 is 2.18 bits per heavy atom. The first-order valence-electron chi connectivity index (χ1n) is 6.57. The molecule has 0 aliphatic rings. The highest BCUT2D eigenvalue weighted by Gasteiger charge is 2.21. The molecule has 1 unspecified atom stereocenters. The lowest BCUT2D eigenvalue weighted by molar-refractivity contribution is -0.394. The fraction of sp³-hybridized carbons (Fsp3) is 0.462. The van der Waals surface area contributed by atoms with Crippen LogP contribution in [0.25, 0.3) is 0 Å². The molecular formula is C13H16N2O7. The molecule has 0 aliphatic carbocycles. The molecule has 0 heterocycles. The third-order valence-electron chi connectivity index (χ3n) is 2.57. The summed E-state index contributed by atoms with van der Waals surface area (Å²) in [6.45, 7) is 4.22. The normalized spacial score (nSPS) is 11.7. The molecule has 0 amide bonds. The number of carbonyl (C=O) groups excluding carboxylic acids is 1. The molecule has 22 heavy (non-hydrogen) atoms. The van der Waals surface area contributed by atoms with Crippen LogP contribution in [-0.4, -0.2) is 35.1 Å². The van der Waals surface area contributed by atoms with Crippen molar-refractivity contribution in [1.82, 2.24) is 0 Å². The van der Waals surface area contributed by atoms with Crippen LogP contribution in [-0.2, 0) is 9.47 Å². The lowest BCUT2D eigenvalue weighted by Gasteiger charge is -2.13. The van der Waals surface area contributed by atoms with Crippen molar-refractivity contribution in [3.05, 3.63) is 44.0 Å². The molecule has 0 saturated carbocycles. The molecule has 1 rings (SSSR count). The number of rotatable bonds is 8. The van der Waals surface area contributed by atoms with Gasteiger partial charge in [0.1, 0.15) is 6.10 Å². The van der Waals surface area contributed by atoms with Crippen LogP contribution in [0.5, 0.6) is 0 Å². The number of hydrogen-bond donors (Lipinski definition) is 0. The van der Waals surface area contributed by atoms with Crippen molar-refractivity contribution in [2.45, 2.75) is 26.4 Å². The van der Waals surface area contributed by atoms with Gasteiger partial charge in [-0.15, -0.1) is 0 Å². The standard InChI is InChI=1S/C13H16N2O7/c1-3-4-21-8-9(2)22-13(16)10-5-11(14(17)18)7-12(6-10)15(19)20/h5-7,9H,3-4,8H2,1-2H3. The number of ether oxygens (including phenoxy) is 2. The van der Waals surface area contributed by atoms with E-state index in [9.17, 15) is 25.0 Å². The molecular weight excluding hydrogens is 296 g/mol. The number of hydrogen-bond acceptors (Lipinski definition) is 7. The van der Waals surface area contributed by atoms with Crippen LogP contribution < -0.4 is 0 Å². The molecule has 0 N–H and O–H groups in total. The van der Waals surface area contributed by atoms with Gasteiger partial charge in [-0.1, -0.05) is 6.92 Å². The van der Waals surface area contributed by atoms with Crippen molar-refractivity contribution in [3.8, 4) is 0 Å². The molecule has 0 aromatic heterocycles. The van der Waals surface area contributed by atoms with Crippen LogP contribution in [0.2, 0.25) is 0 Å². The number of nitro benzene ring substituents is 2. The summed E-state index contributed by atoms with van der Waals surface area (Å²) in [4.78, 5) is 31.8. The molecule has 9 heteroatoms. The van der Waals surface area contributed by atoms with Gasteiger partial charge in [-0.25, -0.2) is 4.79 Å². The summed E-state index contributed by atoms with van der Waals surface area (Å²) in [5.41, 5.74) is -1.34. The Bertz CT molecular complexity index is 541. The molecule has 0 bridgehead atoms. The lowest BCUT2D eigenvalue weighted by atomic mass is 10.2. The molecule has 0 spiro atoms. The Morgan fingerprint density at radius 1 is 1.18 bits per heavy atom. The van der Waals surface area contributed by atoms with Gasteiger partial charge < -0.3 is 9.47 Å². The van der Waals surface area contributed by atoms with Crippen LogP contribution in [0, 0.1) is 20.2 Å². The quantitative estimate of drug-likeness (QED) is 0.312. The lowest BCUT2D eigenvalue weighted by Crippen LogP contribution is -2.20. The Hall–Kier alpha value is -2.55. The van der Waals surface area contributed by atoms with Gasteiger partial charge in [-0.2, -0.15) is 0 Å². The maximum atomic E-state index is 11.9. The largest absolute Gasteiger partial charge is 0.457 e. The monoisotopic (exact) mass is 312 g/mol. The second-order valence-electron chi connectivity index (χ2n) is 4.54. The number of carbonyl (C=O) groups is 1. The summed E-state index contributed by atoms with van der Waals surface area (Å²) in [5.74, 6) is -0.876. The van der Waals surface area contributed by atoms with E-state index in [0.717, 1.165) is 24.6 Å².